The van der Waals surface area contributed by atoms with E-state index in [0.717, 1.165) is 0 Å². The Morgan fingerprint density at radius 2 is 1.58 bits per heavy atom. The van der Waals surface area contributed by atoms with E-state index in [4.69, 9.17) is 22.7 Å². The van der Waals surface area contributed by atoms with E-state index in [1.54, 1.807) is 86.8 Å². The lowest BCUT2D eigenvalue weighted by Gasteiger charge is -2.27. The summed E-state index contributed by atoms with van der Waals surface area (Å²) in [5, 5.41) is 13.6. The molecule has 33 heavy (non-hydrogen) atoms. The number of aromatic hydroxyl groups is 1. The van der Waals surface area contributed by atoms with Crippen molar-refractivity contribution in [1.29, 1.82) is 0 Å². The summed E-state index contributed by atoms with van der Waals surface area (Å²) in [7, 11) is 5.08. The van der Waals surface area contributed by atoms with Crippen LogP contribution in [0.5, 0.6) is 11.5 Å². The summed E-state index contributed by atoms with van der Waals surface area (Å²) >= 11 is 5.32. The van der Waals surface area contributed by atoms with Gasteiger partial charge in [-0.15, -0.1) is 0 Å². The fraction of sp³-hybridized carbons (Fsp3) is 0.125. The molecule has 0 aliphatic carbocycles. The normalized spacial score (nSPS) is 10.3. The summed E-state index contributed by atoms with van der Waals surface area (Å²) in [6, 6.07) is 18.0. The van der Waals surface area contributed by atoms with Gasteiger partial charge in [0.2, 0.25) is 0 Å². The van der Waals surface area contributed by atoms with E-state index in [0.29, 0.717) is 22.7 Å². The third-order valence-corrected chi connectivity index (χ3v) is 5.18. The number of anilines is 3. The van der Waals surface area contributed by atoms with Crippen LogP contribution < -0.4 is 25.6 Å². The van der Waals surface area contributed by atoms with E-state index in [-0.39, 0.29) is 27.9 Å². The van der Waals surface area contributed by atoms with Gasteiger partial charge in [-0.05, 0) is 48.5 Å². The molecule has 0 saturated carbocycles. The number of nitrogens with one attached hydrogen (secondary N) is 1. The Morgan fingerprint density at radius 3 is 2.12 bits per heavy atom. The number of urea groups is 1. The fourth-order valence-electron chi connectivity index (χ4n) is 3.33. The molecule has 0 unspecified atom stereocenters. The lowest BCUT2D eigenvalue weighted by Crippen LogP contribution is -2.35. The predicted molar refractivity (Wildman–Crippen MR) is 133 cm³/mol. The van der Waals surface area contributed by atoms with Crippen LogP contribution in [0.1, 0.15) is 15.9 Å². The summed E-state index contributed by atoms with van der Waals surface area (Å²) in [5.41, 5.74) is 7.06. The molecule has 3 amide bonds. The first-order valence-corrected chi connectivity index (χ1v) is 10.3. The molecule has 3 aromatic rings. The van der Waals surface area contributed by atoms with Crippen LogP contribution in [0.3, 0.4) is 0 Å². The van der Waals surface area contributed by atoms with Crippen LogP contribution in [0.25, 0.3) is 0 Å². The summed E-state index contributed by atoms with van der Waals surface area (Å²) in [6.45, 7) is 0. The van der Waals surface area contributed by atoms with Gasteiger partial charge in [0.15, 0.2) is 5.75 Å². The number of benzene rings is 3. The third-order valence-electron chi connectivity index (χ3n) is 4.88. The molecular weight excluding hydrogens is 440 g/mol. The highest BCUT2D eigenvalue weighted by molar-refractivity contribution is 7.80. The first-order chi connectivity index (χ1) is 15.7. The van der Waals surface area contributed by atoms with Gasteiger partial charge >= 0.3 is 6.03 Å². The average molecular weight is 465 g/mol. The second-order valence-electron chi connectivity index (χ2n) is 7.24. The number of nitrogens with two attached hydrogens (primary N) is 1. The van der Waals surface area contributed by atoms with Gasteiger partial charge in [0.05, 0.1) is 24.0 Å². The number of phenolic OH excluding ortho intramolecular Hbond substituents is 1. The number of primary amides is 1. The van der Waals surface area contributed by atoms with Gasteiger partial charge in [0.25, 0.3) is 5.91 Å². The first-order valence-electron chi connectivity index (χ1n) is 9.92. The molecule has 9 heteroatoms. The minimum Gasteiger partial charge on any atom is -0.505 e. The molecule has 3 aromatic carbocycles. The zero-order chi connectivity index (χ0) is 24.1. The van der Waals surface area contributed by atoms with Gasteiger partial charge in [0, 0.05) is 25.3 Å². The number of methoxy groups -OCH3 is 1. The minimum absolute atomic E-state index is 0.0598. The smallest absolute Gasteiger partial charge is 0.317 e. The second-order valence-corrected chi connectivity index (χ2v) is 7.65. The molecule has 170 valence electrons. The summed E-state index contributed by atoms with van der Waals surface area (Å²) in [4.78, 5) is 28.1. The minimum atomic E-state index is -0.858. The highest BCUT2D eigenvalue weighted by Crippen LogP contribution is 2.41. The highest BCUT2D eigenvalue weighted by atomic mass is 32.1. The van der Waals surface area contributed by atoms with Crippen molar-refractivity contribution in [1.82, 2.24) is 5.32 Å². The fourth-order valence-corrected chi connectivity index (χ4v) is 3.63. The van der Waals surface area contributed by atoms with Crippen LogP contribution in [0.4, 0.5) is 21.9 Å². The Balaban J connectivity index is 2.21. The highest BCUT2D eigenvalue weighted by Gasteiger charge is 2.27. The molecule has 3 rings (SSSR count). The summed E-state index contributed by atoms with van der Waals surface area (Å²) in [5.74, 6) is -0.0386. The van der Waals surface area contributed by atoms with Crippen molar-refractivity contribution < 1.29 is 19.4 Å². The van der Waals surface area contributed by atoms with Crippen LogP contribution in [0.15, 0.2) is 66.7 Å². The Labute approximate surface area is 197 Å². The Bertz CT molecular complexity index is 1180. The molecule has 0 atom stereocenters. The first kappa shape index (κ1) is 23.6. The zero-order valence-electron chi connectivity index (χ0n) is 18.4. The monoisotopic (exact) mass is 464 g/mol. The van der Waals surface area contributed by atoms with Crippen molar-refractivity contribution in [3.63, 3.8) is 0 Å². The summed E-state index contributed by atoms with van der Waals surface area (Å²) < 4.78 is 5.18. The van der Waals surface area contributed by atoms with Crippen LogP contribution in [-0.4, -0.2) is 43.2 Å². The Kier molecular flexibility index (Phi) is 7.14. The molecule has 8 nitrogen and oxygen atoms in total. The molecular formula is C24H24N4O4S. The molecule has 4 N–H and O–H groups in total. The number of ether oxygens (including phenoxy) is 1. The van der Waals surface area contributed by atoms with Crippen molar-refractivity contribution in [3.8, 4) is 11.5 Å². The molecule has 0 radical (unpaired) electrons. The topological polar surface area (TPSA) is 108 Å². The quantitative estimate of drug-likeness (QED) is 0.479. The largest absolute Gasteiger partial charge is 0.505 e. The lowest BCUT2D eigenvalue weighted by molar-refractivity contribution is 0.0998. The van der Waals surface area contributed by atoms with Crippen LogP contribution in [-0.2, 0) is 0 Å². The number of thiocarbonyl (C=S) groups is 1. The number of carbonyl (C=O) groups excluding carboxylic acids is 2. The van der Waals surface area contributed by atoms with E-state index < -0.39 is 6.03 Å². The van der Waals surface area contributed by atoms with Gasteiger partial charge in [0.1, 0.15) is 10.7 Å². The van der Waals surface area contributed by atoms with Gasteiger partial charge < -0.3 is 20.5 Å². The number of phenols is 1. The van der Waals surface area contributed by atoms with E-state index in [9.17, 15) is 14.7 Å². The predicted octanol–water partition coefficient (Wildman–Crippen LogP) is 3.79. The lowest BCUT2D eigenvalue weighted by atomic mass is 10.1. The van der Waals surface area contributed by atoms with Crippen LogP contribution >= 0.6 is 12.2 Å². The van der Waals surface area contributed by atoms with Gasteiger partial charge in [-0.1, -0.05) is 30.4 Å². The van der Waals surface area contributed by atoms with Crippen molar-refractivity contribution in [2.45, 2.75) is 0 Å². The van der Waals surface area contributed by atoms with Crippen molar-refractivity contribution in [2.24, 2.45) is 5.73 Å². The SMILES string of the molecule is COc1ccc(C(=O)N(c2ccccc2)c2ccc(N(C)C)c(C(=S)NC(N)=O)c2O)cc1. The van der Waals surface area contributed by atoms with Crippen molar-refractivity contribution in [3.05, 3.63) is 77.9 Å². The maximum Gasteiger partial charge on any atom is 0.317 e. The zero-order valence-corrected chi connectivity index (χ0v) is 19.2. The van der Waals surface area contributed by atoms with E-state index in [2.05, 4.69) is 5.32 Å². The van der Waals surface area contributed by atoms with E-state index in [1.807, 2.05) is 6.07 Å². The maximum atomic E-state index is 13.6. The van der Waals surface area contributed by atoms with Gasteiger partial charge in [-0.2, -0.15) is 0 Å². The number of para-hydroxylation sites is 1. The molecule has 0 bridgehead atoms. The van der Waals surface area contributed by atoms with E-state index in [1.165, 1.54) is 4.90 Å². The molecule has 0 aromatic heterocycles. The standard InChI is InChI=1S/C24H24N4O4S/c1-27(2)18-13-14-19(21(29)20(18)22(33)26-24(25)31)28(16-7-5-4-6-8-16)23(30)15-9-11-17(32-3)12-10-15/h4-14,29H,1-3H3,(H3,25,26,31,33). The molecule has 0 aliphatic rings. The number of nitrogens with zero attached hydrogens (tertiary/aromatic N) is 2. The number of rotatable bonds is 6. The Morgan fingerprint density at radius 1 is 0.970 bits per heavy atom. The molecule has 0 heterocycles. The Hall–Kier alpha value is -4.11. The number of carbonyl (C=O) groups is 2. The average Bonchev–Trinajstić information content (AvgIpc) is 2.80. The molecule has 0 spiro atoms. The van der Waals surface area contributed by atoms with E-state index >= 15 is 0 Å². The maximum absolute atomic E-state index is 13.6. The molecule has 0 fully saturated rings. The number of hydrogen-bond donors (Lipinski definition) is 3. The second kappa shape index (κ2) is 10.0. The van der Waals surface area contributed by atoms with Crippen LogP contribution in [0, 0.1) is 0 Å². The van der Waals surface area contributed by atoms with Gasteiger partial charge in [-0.25, -0.2) is 4.79 Å². The number of amides is 3. The van der Waals surface area contributed by atoms with Crippen LogP contribution in [0.2, 0.25) is 0 Å². The molecule has 0 aliphatic heterocycles. The molecule has 0 saturated heterocycles. The van der Waals surface area contributed by atoms with Gasteiger partial charge in [-0.3, -0.25) is 15.0 Å². The number of hydrogen-bond acceptors (Lipinski definition) is 6. The van der Waals surface area contributed by atoms with Crippen molar-refractivity contribution >= 4 is 46.2 Å². The van der Waals surface area contributed by atoms with Crippen molar-refractivity contribution in [2.75, 3.05) is 31.0 Å². The third kappa shape index (κ3) is 5.04. The summed E-state index contributed by atoms with van der Waals surface area (Å²) in [6.07, 6.45) is 0.